The third-order valence-corrected chi connectivity index (χ3v) is 2.56. The van der Waals surface area contributed by atoms with Gasteiger partial charge in [0.05, 0.1) is 6.26 Å². The van der Waals surface area contributed by atoms with Crippen LogP contribution in [0.25, 0.3) is 21.7 Å². The van der Waals surface area contributed by atoms with E-state index < -0.39 is 0 Å². The van der Waals surface area contributed by atoms with Crippen LogP contribution in [-0.4, -0.2) is 4.98 Å². The Balaban J connectivity index is 2.64. The van der Waals surface area contributed by atoms with Gasteiger partial charge in [-0.15, -0.1) is 0 Å². The highest BCUT2D eigenvalue weighted by molar-refractivity contribution is 6.04. The largest absolute Gasteiger partial charge is 0.464 e. The lowest BCUT2D eigenvalue weighted by molar-refractivity contribution is 0.619. The van der Waals surface area contributed by atoms with E-state index in [0.29, 0.717) is 0 Å². The summed E-state index contributed by atoms with van der Waals surface area (Å²) in [7, 11) is 0. The predicted molar refractivity (Wildman–Crippen MR) is 56.3 cm³/mol. The molecule has 0 amide bonds. The number of aryl methyl sites for hydroxylation is 1. The molecule has 0 saturated heterocycles. The monoisotopic (exact) mass is 183 g/mol. The second-order valence-corrected chi connectivity index (χ2v) is 3.40. The molecule has 0 radical (unpaired) electrons. The number of rotatable bonds is 0. The van der Waals surface area contributed by atoms with Crippen LogP contribution in [0.2, 0.25) is 0 Å². The number of furan rings is 1. The van der Waals surface area contributed by atoms with Gasteiger partial charge in [-0.05, 0) is 19.1 Å². The van der Waals surface area contributed by atoms with E-state index in [2.05, 4.69) is 17.1 Å². The van der Waals surface area contributed by atoms with Gasteiger partial charge in [-0.1, -0.05) is 12.1 Å². The van der Waals surface area contributed by atoms with Crippen molar-refractivity contribution in [2.45, 2.75) is 6.92 Å². The average molecular weight is 183 g/mol. The second-order valence-electron chi connectivity index (χ2n) is 3.40. The molecule has 0 fully saturated rings. The lowest BCUT2D eigenvalue weighted by Crippen LogP contribution is -1.82. The maximum absolute atomic E-state index is 5.46. The Hall–Kier alpha value is -1.83. The maximum Gasteiger partial charge on any atom is 0.141 e. The van der Waals surface area contributed by atoms with E-state index in [4.69, 9.17) is 4.42 Å². The lowest BCUT2D eigenvalue weighted by atomic mass is 10.1. The molecule has 2 aromatic heterocycles. The smallest absolute Gasteiger partial charge is 0.141 e. The van der Waals surface area contributed by atoms with E-state index in [-0.39, 0.29) is 0 Å². The van der Waals surface area contributed by atoms with Gasteiger partial charge >= 0.3 is 0 Å². The molecule has 2 heterocycles. The molecule has 0 N–H and O–H groups in total. The Morgan fingerprint density at radius 1 is 1.07 bits per heavy atom. The third kappa shape index (κ3) is 0.880. The SMILES string of the molecule is Cc1nccc2c1ccc1ccoc12. The highest BCUT2D eigenvalue weighted by atomic mass is 16.3. The molecular weight excluding hydrogens is 174 g/mol. The van der Waals surface area contributed by atoms with Gasteiger partial charge in [-0.3, -0.25) is 4.98 Å². The van der Waals surface area contributed by atoms with Crippen molar-refractivity contribution in [3.8, 4) is 0 Å². The zero-order chi connectivity index (χ0) is 9.54. The second kappa shape index (κ2) is 2.58. The van der Waals surface area contributed by atoms with Gasteiger partial charge in [0.15, 0.2) is 0 Å². The summed E-state index contributed by atoms with van der Waals surface area (Å²) in [6.07, 6.45) is 3.54. The number of aromatic nitrogens is 1. The standard InChI is InChI=1S/C12H9NO/c1-8-10-3-2-9-5-7-14-12(9)11(10)4-6-13-8/h2-7H,1H3. The number of pyridine rings is 1. The van der Waals surface area contributed by atoms with E-state index >= 15 is 0 Å². The number of benzene rings is 1. The summed E-state index contributed by atoms with van der Waals surface area (Å²) >= 11 is 0. The summed E-state index contributed by atoms with van der Waals surface area (Å²) in [6, 6.07) is 8.13. The Morgan fingerprint density at radius 2 is 2.00 bits per heavy atom. The third-order valence-electron chi connectivity index (χ3n) is 2.56. The first-order valence-corrected chi connectivity index (χ1v) is 4.58. The summed E-state index contributed by atoms with van der Waals surface area (Å²) in [4.78, 5) is 4.26. The lowest BCUT2D eigenvalue weighted by Gasteiger charge is -2.00. The number of hydrogen-bond donors (Lipinski definition) is 0. The summed E-state index contributed by atoms with van der Waals surface area (Å²) in [5, 5.41) is 3.44. The van der Waals surface area contributed by atoms with E-state index in [9.17, 15) is 0 Å². The van der Waals surface area contributed by atoms with Crippen molar-refractivity contribution in [3.05, 3.63) is 42.4 Å². The summed E-state index contributed by atoms with van der Waals surface area (Å²) in [5.74, 6) is 0. The minimum absolute atomic E-state index is 0.952. The molecule has 0 spiro atoms. The van der Waals surface area contributed by atoms with Crippen LogP contribution in [0.4, 0.5) is 0 Å². The Bertz CT molecular complexity index is 610. The van der Waals surface area contributed by atoms with Crippen LogP contribution in [0.15, 0.2) is 41.1 Å². The van der Waals surface area contributed by atoms with Gasteiger partial charge < -0.3 is 4.42 Å². The molecule has 1 aromatic carbocycles. The fourth-order valence-electron chi connectivity index (χ4n) is 1.83. The molecule has 68 valence electrons. The van der Waals surface area contributed by atoms with E-state index in [1.165, 1.54) is 0 Å². The molecule has 0 saturated carbocycles. The Morgan fingerprint density at radius 3 is 2.93 bits per heavy atom. The average Bonchev–Trinajstić information content (AvgIpc) is 2.66. The topological polar surface area (TPSA) is 26.0 Å². The molecule has 2 heteroatoms. The first-order valence-electron chi connectivity index (χ1n) is 4.58. The highest BCUT2D eigenvalue weighted by Crippen LogP contribution is 2.26. The van der Waals surface area contributed by atoms with Crippen LogP contribution in [-0.2, 0) is 0 Å². The van der Waals surface area contributed by atoms with Crippen molar-refractivity contribution in [2.24, 2.45) is 0 Å². The van der Waals surface area contributed by atoms with Gasteiger partial charge in [0.2, 0.25) is 0 Å². The Labute approximate surface area is 81.2 Å². The molecule has 0 aliphatic heterocycles. The van der Waals surface area contributed by atoms with Gasteiger partial charge in [-0.25, -0.2) is 0 Å². The minimum Gasteiger partial charge on any atom is -0.464 e. The first-order chi connectivity index (χ1) is 6.86. The fourth-order valence-corrected chi connectivity index (χ4v) is 1.83. The van der Waals surface area contributed by atoms with E-state index in [1.807, 2.05) is 25.3 Å². The molecule has 3 rings (SSSR count). The summed E-state index contributed by atoms with van der Waals surface area (Å²) in [5.41, 5.74) is 1.99. The van der Waals surface area contributed by atoms with Crippen molar-refractivity contribution in [1.82, 2.24) is 4.98 Å². The quantitative estimate of drug-likeness (QED) is 0.534. The molecule has 14 heavy (non-hydrogen) atoms. The zero-order valence-corrected chi connectivity index (χ0v) is 7.82. The van der Waals surface area contributed by atoms with Crippen molar-refractivity contribution < 1.29 is 4.42 Å². The molecule has 2 nitrogen and oxygen atoms in total. The summed E-state index contributed by atoms with van der Waals surface area (Å²) < 4.78 is 5.46. The molecule has 0 aliphatic carbocycles. The molecule has 0 unspecified atom stereocenters. The summed E-state index contributed by atoms with van der Waals surface area (Å²) in [6.45, 7) is 2.01. The van der Waals surface area contributed by atoms with Crippen LogP contribution >= 0.6 is 0 Å². The van der Waals surface area contributed by atoms with Crippen LogP contribution in [0.1, 0.15) is 5.69 Å². The first kappa shape index (κ1) is 7.56. The van der Waals surface area contributed by atoms with Gasteiger partial charge in [0, 0.05) is 28.0 Å². The van der Waals surface area contributed by atoms with Crippen molar-refractivity contribution >= 4 is 21.7 Å². The predicted octanol–water partition coefficient (Wildman–Crippen LogP) is 3.29. The van der Waals surface area contributed by atoms with E-state index in [1.54, 1.807) is 6.26 Å². The van der Waals surface area contributed by atoms with Crippen molar-refractivity contribution in [3.63, 3.8) is 0 Å². The van der Waals surface area contributed by atoms with Crippen molar-refractivity contribution in [2.75, 3.05) is 0 Å². The number of nitrogens with zero attached hydrogens (tertiary/aromatic N) is 1. The maximum atomic E-state index is 5.46. The molecular formula is C12H9NO. The van der Waals surface area contributed by atoms with Gasteiger partial charge in [0.25, 0.3) is 0 Å². The molecule has 3 aromatic rings. The van der Waals surface area contributed by atoms with E-state index in [0.717, 1.165) is 27.4 Å². The molecule has 0 bridgehead atoms. The minimum atomic E-state index is 0.952. The molecule has 0 atom stereocenters. The zero-order valence-electron chi connectivity index (χ0n) is 7.82. The normalized spacial score (nSPS) is 11.2. The highest BCUT2D eigenvalue weighted by Gasteiger charge is 2.04. The van der Waals surface area contributed by atoms with Crippen molar-refractivity contribution in [1.29, 1.82) is 0 Å². The van der Waals surface area contributed by atoms with Crippen LogP contribution < -0.4 is 0 Å². The van der Waals surface area contributed by atoms with Crippen LogP contribution in [0, 0.1) is 6.92 Å². The van der Waals surface area contributed by atoms with Gasteiger partial charge in [0.1, 0.15) is 5.58 Å². The number of fused-ring (bicyclic) bond motifs is 3. The fraction of sp³-hybridized carbons (Fsp3) is 0.0833. The Kier molecular flexibility index (Phi) is 1.39. The van der Waals surface area contributed by atoms with Crippen LogP contribution in [0.3, 0.4) is 0 Å². The number of hydrogen-bond acceptors (Lipinski definition) is 2. The van der Waals surface area contributed by atoms with Gasteiger partial charge in [-0.2, -0.15) is 0 Å². The van der Waals surface area contributed by atoms with Crippen LogP contribution in [0.5, 0.6) is 0 Å². The molecule has 0 aliphatic rings.